The molecule has 2 aliphatic rings. The quantitative estimate of drug-likeness (QED) is 0.583. The molecule has 3 heterocycles. The van der Waals surface area contributed by atoms with E-state index in [4.69, 9.17) is 4.74 Å². The summed E-state index contributed by atoms with van der Waals surface area (Å²) in [5, 5.41) is 11.1. The number of H-pyrrole nitrogens is 1. The molecule has 2 aliphatic heterocycles. The molecule has 0 radical (unpaired) electrons. The molecule has 2 aromatic rings. The van der Waals surface area contributed by atoms with Gasteiger partial charge in [0.2, 0.25) is 4.96 Å². The third-order valence-corrected chi connectivity index (χ3v) is 4.61. The number of hydrogen-bond acceptors (Lipinski definition) is 6. The number of fused-ring (bicyclic) bond motifs is 1. The van der Waals surface area contributed by atoms with Gasteiger partial charge in [-0.25, -0.2) is 9.08 Å². The van der Waals surface area contributed by atoms with Crippen molar-refractivity contribution in [2.24, 2.45) is 0 Å². The molecule has 0 aliphatic carbocycles. The molecule has 0 bridgehead atoms. The topological polar surface area (TPSA) is 94.3 Å². The number of nitrogens with zero attached hydrogens (tertiary/aromatic N) is 4. The zero-order valence-electron chi connectivity index (χ0n) is 12.2. The monoisotopic (exact) mass is 329 g/mol. The van der Waals surface area contributed by atoms with Crippen molar-refractivity contribution in [1.29, 1.82) is 0 Å². The van der Waals surface area contributed by atoms with Gasteiger partial charge < -0.3 is 4.74 Å². The van der Waals surface area contributed by atoms with E-state index in [1.54, 1.807) is 42.8 Å². The van der Waals surface area contributed by atoms with Gasteiger partial charge in [-0.1, -0.05) is 11.3 Å². The average Bonchev–Trinajstić information content (AvgIpc) is 3.05. The van der Waals surface area contributed by atoms with Crippen LogP contribution in [0.25, 0.3) is 10.6 Å². The molecule has 0 fully saturated rings. The van der Waals surface area contributed by atoms with Crippen LogP contribution in [0.4, 0.5) is 0 Å². The Balaban J connectivity index is 2.06. The van der Waals surface area contributed by atoms with Crippen LogP contribution >= 0.6 is 11.3 Å². The molecule has 1 aromatic heterocycles. The minimum Gasteiger partial charge on any atom is -0.497 e. The number of rotatable bonds is 2. The van der Waals surface area contributed by atoms with Crippen LogP contribution in [0.15, 0.2) is 33.9 Å². The molecule has 0 atom stereocenters. The molecule has 116 valence electrons. The maximum absolute atomic E-state index is 12.6. The summed E-state index contributed by atoms with van der Waals surface area (Å²) in [7, 11) is 1.56. The van der Waals surface area contributed by atoms with Crippen LogP contribution in [-0.2, 0) is 0 Å². The Bertz CT molecular complexity index is 1200. The Labute approximate surface area is 132 Å². The van der Waals surface area contributed by atoms with Crippen LogP contribution in [0.5, 0.6) is 5.75 Å². The number of aryl methyl sites for hydroxylation is 1. The number of aromatic nitrogens is 5. The van der Waals surface area contributed by atoms with E-state index in [9.17, 15) is 9.59 Å². The first-order valence-corrected chi connectivity index (χ1v) is 7.56. The van der Waals surface area contributed by atoms with Gasteiger partial charge >= 0.3 is 0 Å². The smallest absolute Gasteiger partial charge is 0.284 e. The molecule has 0 amide bonds. The van der Waals surface area contributed by atoms with Crippen LogP contribution in [0.1, 0.15) is 5.82 Å². The highest BCUT2D eigenvalue weighted by atomic mass is 32.1. The van der Waals surface area contributed by atoms with E-state index in [2.05, 4.69) is 15.3 Å². The highest BCUT2D eigenvalue weighted by molar-refractivity contribution is 7.14. The van der Waals surface area contributed by atoms with Crippen LogP contribution < -0.4 is 15.9 Å². The standard InChI is InChI=1S/C14H11N5O3S/c1-7-15-16-14-19(7)17-10-11(23-14)13(21)18(12(10)20)8-3-5-9(22-2)6-4-8/h3-6,17H,1-2H3. The van der Waals surface area contributed by atoms with Crippen LogP contribution in [0.2, 0.25) is 0 Å². The van der Waals surface area contributed by atoms with Crippen molar-refractivity contribution in [1.82, 2.24) is 24.4 Å². The lowest BCUT2D eigenvalue weighted by molar-refractivity contribution is 0.414. The number of nitrogens with one attached hydrogen (secondary N) is 1. The molecule has 0 spiro atoms. The molecular weight excluding hydrogens is 318 g/mol. The molecule has 0 saturated carbocycles. The van der Waals surface area contributed by atoms with E-state index in [0.717, 1.165) is 15.9 Å². The Kier molecular flexibility index (Phi) is 2.85. The van der Waals surface area contributed by atoms with Crippen LogP contribution in [0, 0.1) is 16.8 Å². The van der Waals surface area contributed by atoms with Crippen molar-refractivity contribution in [3.63, 3.8) is 0 Å². The highest BCUT2D eigenvalue weighted by Crippen LogP contribution is 2.14. The second kappa shape index (κ2) is 4.78. The summed E-state index contributed by atoms with van der Waals surface area (Å²) in [5.74, 6) is 1.27. The zero-order valence-corrected chi connectivity index (χ0v) is 13.0. The lowest BCUT2D eigenvalue weighted by Crippen LogP contribution is -2.24. The maximum Gasteiger partial charge on any atom is 0.284 e. The molecule has 1 N–H and O–H groups in total. The summed E-state index contributed by atoms with van der Waals surface area (Å²) in [5.41, 5.74) is -0.286. The van der Waals surface area contributed by atoms with Gasteiger partial charge in [-0.3, -0.25) is 14.7 Å². The predicted octanol–water partition coefficient (Wildman–Crippen LogP) is 0.672. The molecule has 4 rings (SSSR count). The third kappa shape index (κ3) is 1.90. The summed E-state index contributed by atoms with van der Waals surface area (Å²) < 4.78 is 8.14. The second-order valence-electron chi connectivity index (χ2n) is 4.93. The van der Waals surface area contributed by atoms with E-state index in [0.29, 0.717) is 26.8 Å². The fourth-order valence-corrected chi connectivity index (χ4v) is 3.36. The van der Waals surface area contributed by atoms with Crippen molar-refractivity contribution in [2.45, 2.75) is 6.92 Å². The predicted molar refractivity (Wildman–Crippen MR) is 83.7 cm³/mol. The Morgan fingerprint density at radius 2 is 1.87 bits per heavy atom. The van der Waals surface area contributed by atoms with Gasteiger partial charge in [0, 0.05) is 0 Å². The van der Waals surface area contributed by atoms with Crippen LogP contribution in [-0.4, -0.2) is 31.5 Å². The molecular formula is C14H11N5O3S. The Morgan fingerprint density at radius 3 is 2.57 bits per heavy atom. The van der Waals surface area contributed by atoms with Gasteiger partial charge in [0.15, 0.2) is 5.82 Å². The largest absolute Gasteiger partial charge is 0.497 e. The number of ether oxygens (including phenoxy) is 1. The van der Waals surface area contributed by atoms with Gasteiger partial charge in [0.1, 0.15) is 15.6 Å². The molecule has 0 unspecified atom stereocenters. The summed E-state index contributed by atoms with van der Waals surface area (Å²) in [6, 6.07) is 6.74. The van der Waals surface area contributed by atoms with Gasteiger partial charge in [-0.15, -0.1) is 10.2 Å². The van der Waals surface area contributed by atoms with Gasteiger partial charge in [-0.2, -0.15) is 0 Å². The number of methoxy groups -OCH3 is 1. The van der Waals surface area contributed by atoms with Crippen molar-refractivity contribution in [3.05, 3.63) is 60.7 Å². The van der Waals surface area contributed by atoms with E-state index >= 15 is 0 Å². The molecule has 0 saturated heterocycles. The molecule has 23 heavy (non-hydrogen) atoms. The number of aromatic amines is 1. The fraction of sp³-hybridized carbons (Fsp3) is 0.143. The number of benzene rings is 1. The van der Waals surface area contributed by atoms with Crippen LogP contribution in [0.3, 0.4) is 0 Å². The van der Waals surface area contributed by atoms with Crippen molar-refractivity contribution in [2.75, 3.05) is 7.11 Å². The minimum atomic E-state index is -0.401. The van der Waals surface area contributed by atoms with Gasteiger partial charge in [-0.05, 0) is 31.2 Å². The summed E-state index contributed by atoms with van der Waals surface area (Å²) >= 11 is 1.14. The molecule has 8 nitrogen and oxygen atoms in total. The van der Waals surface area contributed by atoms with Crippen molar-refractivity contribution in [3.8, 4) is 11.4 Å². The summed E-state index contributed by atoms with van der Waals surface area (Å²) in [6.07, 6.45) is 0. The molecule has 9 heteroatoms. The first-order chi connectivity index (χ1) is 11.1. The molecule has 1 aromatic carbocycles. The lowest BCUT2D eigenvalue weighted by Gasteiger charge is -2.02. The number of hydrogen-bond donors (Lipinski definition) is 1. The first-order valence-electron chi connectivity index (χ1n) is 6.74. The first kappa shape index (κ1) is 13.7. The summed E-state index contributed by atoms with van der Waals surface area (Å²) in [6.45, 7) is 1.76. The Hall–Kier alpha value is -2.94. The van der Waals surface area contributed by atoms with E-state index in [1.807, 2.05) is 0 Å². The second-order valence-corrected chi connectivity index (χ2v) is 5.90. The van der Waals surface area contributed by atoms with E-state index in [1.165, 1.54) is 0 Å². The normalized spacial score (nSPS) is 11.4. The SMILES string of the molecule is COc1ccc(-n2c(=O)c3[nH]n4c(C)nnc4sc=3c2=O)cc1. The maximum atomic E-state index is 12.6. The minimum absolute atomic E-state index is 0.242. The van der Waals surface area contributed by atoms with E-state index < -0.39 is 5.56 Å². The zero-order chi connectivity index (χ0) is 16.1. The van der Waals surface area contributed by atoms with Gasteiger partial charge in [0.05, 0.1) is 12.8 Å². The average molecular weight is 329 g/mol. The third-order valence-electron chi connectivity index (χ3n) is 3.58. The lowest BCUT2D eigenvalue weighted by atomic mass is 10.3. The highest BCUT2D eigenvalue weighted by Gasteiger charge is 2.15. The van der Waals surface area contributed by atoms with Crippen molar-refractivity contribution >= 4 is 16.3 Å². The Morgan fingerprint density at radius 1 is 1.13 bits per heavy atom. The van der Waals surface area contributed by atoms with Gasteiger partial charge in [0.25, 0.3) is 11.1 Å². The fourth-order valence-electron chi connectivity index (χ4n) is 2.41. The van der Waals surface area contributed by atoms with E-state index in [-0.39, 0.29) is 10.9 Å². The van der Waals surface area contributed by atoms with Crippen molar-refractivity contribution < 1.29 is 4.74 Å². The summed E-state index contributed by atoms with van der Waals surface area (Å²) in [4.78, 5) is 25.8.